The summed E-state index contributed by atoms with van der Waals surface area (Å²) < 4.78 is 8.92. The number of halogens is 1. The summed E-state index contributed by atoms with van der Waals surface area (Å²) in [6.07, 6.45) is 10.1. The van der Waals surface area contributed by atoms with Crippen molar-refractivity contribution < 1.29 is 9.21 Å². The molecule has 0 aliphatic carbocycles. The maximum atomic E-state index is 13.5. The van der Waals surface area contributed by atoms with Gasteiger partial charge in [-0.05, 0) is 53.6 Å². The number of pyridine rings is 2. The molecule has 6 aromatic rings. The van der Waals surface area contributed by atoms with Gasteiger partial charge in [-0.15, -0.1) is 11.3 Å². The Kier molecular flexibility index (Phi) is 7.52. The van der Waals surface area contributed by atoms with Crippen molar-refractivity contribution >= 4 is 34.7 Å². The van der Waals surface area contributed by atoms with E-state index in [0.29, 0.717) is 46.6 Å². The van der Waals surface area contributed by atoms with Crippen molar-refractivity contribution in [3.8, 4) is 22.5 Å². The van der Waals surface area contributed by atoms with Crippen LogP contribution in [0.15, 0.2) is 101 Å². The van der Waals surface area contributed by atoms with Crippen LogP contribution in [-0.2, 0) is 19.5 Å². The zero-order chi connectivity index (χ0) is 28.2. The first-order valence-electron chi connectivity index (χ1n) is 12.6. The molecule has 41 heavy (non-hydrogen) atoms. The van der Waals surface area contributed by atoms with Crippen LogP contribution in [0.1, 0.15) is 21.1 Å². The predicted octanol–water partition coefficient (Wildman–Crippen LogP) is 5.42. The number of aromatic nitrogens is 6. The molecular formula is C29H22ClN7O3S. The number of aryl methyl sites for hydroxylation is 1. The van der Waals surface area contributed by atoms with Crippen molar-refractivity contribution in [3.63, 3.8) is 0 Å². The third-order valence-electron chi connectivity index (χ3n) is 6.32. The molecule has 6 heterocycles. The summed E-state index contributed by atoms with van der Waals surface area (Å²) in [7, 11) is 0. The van der Waals surface area contributed by atoms with Crippen molar-refractivity contribution in [1.82, 2.24) is 29.3 Å². The van der Waals surface area contributed by atoms with Crippen molar-refractivity contribution in [2.24, 2.45) is 0 Å². The van der Waals surface area contributed by atoms with Gasteiger partial charge in [0.2, 0.25) is 0 Å². The number of hydrogen-bond donors (Lipinski definition) is 1. The van der Waals surface area contributed by atoms with Crippen molar-refractivity contribution in [3.05, 3.63) is 123 Å². The normalized spacial score (nSPS) is 11.0. The van der Waals surface area contributed by atoms with Crippen molar-refractivity contribution in [2.75, 3.05) is 5.32 Å². The summed E-state index contributed by atoms with van der Waals surface area (Å²) in [6.45, 7) is 0.753. The van der Waals surface area contributed by atoms with Gasteiger partial charge in [-0.25, -0.2) is 0 Å². The second-order valence-corrected chi connectivity index (χ2v) is 10.8. The highest BCUT2D eigenvalue weighted by molar-refractivity contribution is 7.16. The number of nitrogens with zero attached hydrogens (tertiary/aromatic N) is 6. The average molecular weight is 584 g/mol. The SMILES string of the molecule is O=C(c1ccco1)n1nc(-c2cc(-c3ccncc3)cc(=O)n2CCc2cnccn2)cc1NCc1ccc(Cl)s1. The Labute approximate surface area is 242 Å². The van der Waals surface area contributed by atoms with E-state index in [4.69, 9.17) is 16.0 Å². The zero-order valence-corrected chi connectivity index (χ0v) is 23.0. The minimum Gasteiger partial charge on any atom is -0.459 e. The van der Waals surface area contributed by atoms with Crippen molar-refractivity contribution in [1.29, 1.82) is 0 Å². The summed E-state index contributed by atoms with van der Waals surface area (Å²) in [6, 6.07) is 15.8. The first-order valence-corrected chi connectivity index (χ1v) is 13.8. The van der Waals surface area contributed by atoms with E-state index in [0.717, 1.165) is 16.1 Å². The number of thiophene rings is 1. The van der Waals surface area contributed by atoms with Gasteiger partial charge in [-0.2, -0.15) is 9.78 Å². The molecule has 0 bridgehead atoms. The van der Waals surface area contributed by atoms with Gasteiger partial charge in [0.05, 0.1) is 28.5 Å². The molecule has 0 fully saturated rings. The fourth-order valence-corrected chi connectivity index (χ4v) is 5.38. The fourth-order valence-electron chi connectivity index (χ4n) is 4.35. The van der Waals surface area contributed by atoms with Gasteiger partial charge in [0, 0.05) is 61.0 Å². The monoisotopic (exact) mass is 583 g/mol. The Morgan fingerprint density at radius 1 is 1.00 bits per heavy atom. The molecule has 0 aliphatic rings. The molecule has 0 saturated carbocycles. The summed E-state index contributed by atoms with van der Waals surface area (Å²) in [5.41, 5.74) is 3.05. The Bertz CT molecular complexity index is 1850. The smallest absolute Gasteiger partial charge is 0.315 e. The lowest BCUT2D eigenvalue weighted by molar-refractivity contribution is 0.0920. The van der Waals surface area contributed by atoms with Crippen LogP contribution in [0.5, 0.6) is 0 Å². The molecular weight excluding hydrogens is 562 g/mol. The minimum atomic E-state index is -0.452. The summed E-state index contributed by atoms with van der Waals surface area (Å²) in [4.78, 5) is 40.5. The van der Waals surface area contributed by atoms with E-state index >= 15 is 0 Å². The van der Waals surface area contributed by atoms with Crippen LogP contribution in [-0.4, -0.2) is 35.2 Å². The molecule has 0 amide bonds. The lowest BCUT2D eigenvalue weighted by atomic mass is 10.1. The highest BCUT2D eigenvalue weighted by Crippen LogP contribution is 2.28. The summed E-state index contributed by atoms with van der Waals surface area (Å²) in [5.74, 6) is 0.118. The van der Waals surface area contributed by atoms with Gasteiger partial charge in [0.1, 0.15) is 11.5 Å². The van der Waals surface area contributed by atoms with Gasteiger partial charge in [0.15, 0.2) is 5.76 Å². The maximum Gasteiger partial charge on any atom is 0.315 e. The summed E-state index contributed by atoms with van der Waals surface area (Å²) >= 11 is 7.55. The molecule has 6 rings (SSSR count). The molecule has 1 N–H and O–H groups in total. The number of carbonyl (C=O) groups excluding carboxylic acids is 1. The second kappa shape index (κ2) is 11.7. The van der Waals surface area contributed by atoms with E-state index in [1.54, 1.807) is 59.8 Å². The average Bonchev–Trinajstić information content (AvgIpc) is 3.77. The Balaban J connectivity index is 1.45. The predicted molar refractivity (Wildman–Crippen MR) is 156 cm³/mol. The zero-order valence-electron chi connectivity index (χ0n) is 21.5. The highest BCUT2D eigenvalue weighted by atomic mass is 35.5. The first kappa shape index (κ1) is 26.4. The van der Waals surface area contributed by atoms with Gasteiger partial charge < -0.3 is 14.3 Å². The molecule has 0 saturated heterocycles. The molecule has 0 spiro atoms. The molecule has 0 radical (unpaired) electrons. The number of anilines is 1. The Hall–Kier alpha value is -4.87. The minimum absolute atomic E-state index is 0.132. The van der Waals surface area contributed by atoms with Gasteiger partial charge in [-0.1, -0.05) is 11.6 Å². The van der Waals surface area contributed by atoms with Crippen LogP contribution in [0.25, 0.3) is 22.5 Å². The fraction of sp³-hybridized carbons (Fsp3) is 0.103. The largest absolute Gasteiger partial charge is 0.459 e. The molecule has 10 nitrogen and oxygen atoms in total. The highest BCUT2D eigenvalue weighted by Gasteiger charge is 2.22. The van der Waals surface area contributed by atoms with Gasteiger partial charge >= 0.3 is 5.91 Å². The van der Waals surface area contributed by atoms with Crippen LogP contribution in [0.2, 0.25) is 4.34 Å². The van der Waals surface area contributed by atoms with Crippen LogP contribution >= 0.6 is 22.9 Å². The van der Waals surface area contributed by atoms with E-state index < -0.39 is 5.91 Å². The van der Waals surface area contributed by atoms with Crippen LogP contribution in [0, 0.1) is 0 Å². The third kappa shape index (κ3) is 5.86. The molecule has 204 valence electrons. The standard InChI is InChI=1S/C29H22ClN7O3S/c30-26-4-3-22(41-26)18-34-27-16-23(35-37(27)29(39)25-2-1-13-40-25)24-14-20(19-5-8-31-9-6-19)15-28(38)36(24)12-7-21-17-32-10-11-33-21/h1-6,8-11,13-17,34H,7,12,18H2. The van der Waals surface area contributed by atoms with E-state index in [-0.39, 0.29) is 11.3 Å². The Morgan fingerprint density at radius 3 is 2.61 bits per heavy atom. The van der Waals surface area contributed by atoms with Gasteiger partial charge in [-0.3, -0.25) is 24.5 Å². The molecule has 12 heteroatoms. The summed E-state index contributed by atoms with van der Waals surface area (Å²) in [5, 5.41) is 7.96. The number of hydrogen-bond acceptors (Lipinski definition) is 9. The van der Waals surface area contributed by atoms with Gasteiger partial charge in [0.25, 0.3) is 5.56 Å². The van der Waals surface area contributed by atoms with E-state index in [9.17, 15) is 9.59 Å². The number of nitrogens with one attached hydrogen (secondary N) is 1. The quantitative estimate of drug-likeness (QED) is 0.240. The first-order chi connectivity index (χ1) is 20.0. The van der Waals surface area contributed by atoms with Crippen LogP contribution in [0.4, 0.5) is 5.82 Å². The van der Waals surface area contributed by atoms with E-state index in [1.165, 1.54) is 22.3 Å². The molecule has 0 atom stereocenters. The molecule has 0 aromatic carbocycles. The Morgan fingerprint density at radius 2 is 1.88 bits per heavy atom. The van der Waals surface area contributed by atoms with Crippen molar-refractivity contribution in [2.45, 2.75) is 19.5 Å². The second-order valence-electron chi connectivity index (χ2n) is 8.97. The molecule has 0 aliphatic heterocycles. The van der Waals surface area contributed by atoms with E-state index in [2.05, 4.69) is 25.4 Å². The van der Waals surface area contributed by atoms with Crippen LogP contribution in [0.3, 0.4) is 0 Å². The molecule has 0 unspecified atom stereocenters. The molecule has 6 aromatic heterocycles. The number of carbonyl (C=O) groups is 1. The number of rotatable bonds is 9. The lowest BCUT2D eigenvalue weighted by Crippen LogP contribution is -2.23. The maximum absolute atomic E-state index is 13.5. The number of furan rings is 1. The lowest BCUT2D eigenvalue weighted by Gasteiger charge is -2.13. The third-order valence-corrected chi connectivity index (χ3v) is 7.55. The van der Waals surface area contributed by atoms with Crippen LogP contribution < -0.4 is 10.9 Å². The topological polar surface area (TPSA) is 121 Å². The van der Waals surface area contributed by atoms with E-state index in [1.807, 2.05) is 30.3 Å².